The number of benzene rings is 1. The maximum atomic E-state index is 13.8. The third kappa shape index (κ3) is 3.53. The Balaban J connectivity index is 2.90. The van der Waals surface area contributed by atoms with E-state index >= 15 is 0 Å². The number of nitrogens with two attached hydrogens (primary N) is 1. The van der Waals surface area contributed by atoms with Crippen LogP contribution in [0.3, 0.4) is 0 Å². The lowest BCUT2D eigenvalue weighted by Crippen LogP contribution is -2.41. The Bertz CT molecular complexity index is 476. The van der Waals surface area contributed by atoms with E-state index in [9.17, 15) is 9.18 Å². The second kappa shape index (κ2) is 6.98. The van der Waals surface area contributed by atoms with Crippen molar-refractivity contribution in [3.63, 3.8) is 0 Å². The summed E-state index contributed by atoms with van der Waals surface area (Å²) in [5.41, 5.74) is 6.03. The number of likely N-dealkylation sites (N-methyl/N-ethyl adjacent to an activating group) is 1. The standard InChI is InChI=1S/C14H22FN3O2/c1-5-18(6-2)14(19)9(3)17-12-8-13(20-4)11(16)7-10(12)15/h7-9,17H,5-6,16H2,1-4H3. The minimum Gasteiger partial charge on any atom is -0.495 e. The predicted molar refractivity (Wildman–Crippen MR) is 78.4 cm³/mol. The van der Waals surface area contributed by atoms with Gasteiger partial charge in [-0.05, 0) is 20.8 Å². The van der Waals surface area contributed by atoms with E-state index in [1.165, 1.54) is 19.2 Å². The van der Waals surface area contributed by atoms with Crippen LogP contribution in [-0.4, -0.2) is 37.0 Å². The molecule has 1 atom stereocenters. The largest absolute Gasteiger partial charge is 0.495 e. The summed E-state index contributed by atoms with van der Waals surface area (Å²) in [6.45, 7) is 6.74. The SMILES string of the molecule is CCN(CC)C(=O)C(C)Nc1cc(OC)c(N)cc1F. The fourth-order valence-electron chi connectivity index (χ4n) is 1.96. The maximum Gasteiger partial charge on any atom is 0.244 e. The van der Waals surface area contributed by atoms with E-state index in [1.54, 1.807) is 11.8 Å². The van der Waals surface area contributed by atoms with Crippen LogP contribution in [0.2, 0.25) is 0 Å². The normalized spacial score (nSPS) is 11.8. The molecule has 1 rings (SSSR count). The fourth-order valence-corrected chi connectivity index (χ4v) is 1.96. The minimum atomic E-state index is -0.530. The van der Waals surface area contributed by atoms with Gasteiger partial charge in [-0.1, -0.05) is 0 Å². The molecule has 0 aromatic heterocycles. The van der Waals surface area contributed by atoms with Gasteiger partial charge in [-0.15, -0.1) is 0 Å². The molecule has 0 saturated heterocycles. The number of rotatable bonds is 6. The topological polar surface area (TPSA) is 67.6 Å². The number of carbonyl (C=O) groups excluding carboxylic acids is 1. The van der Waals surface area contributed by atoms with E-state index < -0.39 is 11.9 Å². The Morgan fingerprint density at radius 1 is 1.45 bits per heavy atom. The second-order valence-electron chi connectivity index (χ2n) is 4.45. The first-order valence-corrected chi connectivity index (χ1v) is 6.62. The number of nitrogens with zero attached hydrogens (tertiary/aromatic N) is 1. The first-order valence-electron chi connectivity index (χ1n) is 6.62. The van der Waals surface area contributed by atoms with E-state index in [1.807, 2.05) is 13.8 Å². The number of amides is 1. The van der Waals surface area contributed by atoms with Crippen molar-refractivity contribution in [1.82, 2.24) is 4.90 Å². The molecule has 6 heteroatoms. The van der Waals surface area contributed by atoms with Crippen LogP contribution in [0.1, 0.15) is 20.8 Å². The Hall–Kier alpha value is -1.98. The van der Waals surface area contributed by atoms with Gasteiger partial charge < -0.3 is 20.7 Å². The van der Waals surface area contributed by atoms with Crippen molar-refractivity contribution in [3.8, 4) is 5.75 Å². The molecule has 3 N–H and O–H groups in total. The molecule has 0 spiro atoms. The molecule has 0 fully saturated rings. The maximum absolute atomic E-state index is 13.8. The number of halogens is 1. The molecule has 0 aliphatic heterocycles. The van der Waals surface area contributed by atoms with Crippen molar-refractivity contribution in [3.05, 3.63) is 17.9 Å². The Labute approximate surface area is 118 Å². The van der Waals surface area contributed by atoms with Crippen molar-refractivity contribution < 1.29 is 13.9 Å². The van der Waals surface area contributed by atoms with Crippen LogP contribution < -0.4 is 15.8 Å². The summed E-state index contributed by atoms with van der Waals surface area (Å²) in [7, 11) is 1.46. The average Bonchev–Trinajstić information content (AvgIpc) is 2.42. The number of methoxy groups -OCH3 is 1. The van der Waals surface area contributed by atoms with Gasteiger partial charge in [0.25, 0.3) is 0 Å². The Morgan fingerprint density at radius 2 is 2.05 bits per heavy atom. The smallest absolute Gasteiger partial charge is 0.244 e. The third-order valence-corrected chi connectivity index (χ3v) is 3.14. The van der Waals surface area contributed by atoms with Gasteiger partial charge in [0.05, 0.1) is 18.5 Å². The molecule has 1 unspecified atom stereocenters. The van der Waals surface area contributed by atoms with E-state index in [2.05, 4.69) is 5.32 Å². The van der Waals surface area contributed by atoms with Crippen molar-refractivity contribution in [2.75, 3.05) is 31.2 Å². The molecule has 20 heavy (non-hydrogen) atoms. The monoisotopic (exact) mass is 283 g/mol. The lowest BCUT2D eigenvalue weighted by molar-refractivity contribution is -0.131. The van der Waals surface area contributed by atoms with Gasteiger partial charge in [-0.2, -0.15) is 0 Å². The number of hydrogen-bond acceptors (Lipinski definition) is 4. The molecule has 0 aliphatic rings. The molecule has 0 heterocycles. The predicted octanol–water partition coefficient (Wildman–Crippen LogP) is 2.09. The molecule has 1 aromatic rings. The molecular formula is C14H22FN3O2. The van der Waals surface area contributed by atoms with Crippen LogP contribution >= 0.6 is 0 Å². The van der Waals surface area contributed by atoms with Gasteiger partial charge in [0.1, 0.15) is 17.6 Å². The summed E-state index contributed by atoms with van der Waals surface area (Å²) in [4.78, 5) is 13.8. The van der Waals surface area contributed by atoms with Gasteiger partial charge in [-0.25, -0.2) is 4.39 Å². The third-order valence-electron chi connectivity index (χ3n) is 3.14. The lowest BCUT2D eigenvalue weighted by atomic mass is 10.2. The first kappa shape index (κ1) is 16.1. The highest BCUT2D eigenvalue weighted by atomic mass is 19.1. The van der Waals surface area contributed by atoms with Crippen molar-refractivity contribution in [1.29, 1.82) is 0 Å². The van der Waals surface area contributed by atoms with E-state index in [4.69, 9.17) is 10.5 Å². The molecule has 1 aromatic carbocycles. The van der Waals surface area contributed by atoms with Crippen LogP contribution in [0.5, 0.6) is 5.75 Å². The van der Waals surface area contributed by atoms with Crippen LogP contribution in [0.25, 0.3) is 0 Å². The summed E-state index contributed by atoms with van der Waals surface area (Å²) < 4.78 is 18.9. The quantitative estimate of drug-likeness (QED) is 0.784. The highest BCUT2D eigenvalue weighted by molar-refractivity contribution is 5.84. The lowest BCUT2D eigenvalue weighted by Gasteiger charge is -2.24. The zero-order chi connectivity index (χ0) is 15.3. The molecular weight excluding hydrogens is 261 g/mol. The number of nitrogens with one attached hydrogen (secondary N) is 1. The zero-order valence-electron chi connectivity index (χ0n) is 12.4. The fraction of sp³-hybridized carbons (Fsp3) is 0.500. The number of ether oxygens (including phenoxy) is 1. The van der Waals surface area contributed by atoms with E-state index in [-0.39, 0.29) is 17.3 Å². The van der Waals surface area contributed by atoms with Crippen molar-refractivity contribution >= 4 is 17.3 Å². The highest BCUT2D eigenvalue weighted by Gasteiger charge is 2.19. The summed E-state index contributed by atoms with van der Waals surface area (Å²) in [6, 6.07) is 2.10. The summed E-state index contributed by atoms with van der Waals surface area (Å²) in [6.07, 6.45) is 0. The van der Waals surface area contributed by atoms with Crippen molar-refractivity contribution in [2.45, 2.75) is 26.8 Å². The van der Waals surface area contributed by atoms with Gasteiger partial charge in [0.2, 0.25) is 5.91 Å². The molecule has 0 radical (unpaired) electrons. The van der Waals surface area contributed by atoms with Gasteiger partial charge >= 0.3 is 0 Å². The molecule has 5 nitrogen and oxygen atoms in total. The van der Waals surface area contributed by atoms with Crippen LogP contribution in [0, 0.1) is 5.82 Å². The van der Waals surface area contributed by atoms with E-state index in [0.29, 0.717) is 18.8 Å². The van der Waals surface area contributed by atoms with Crippen LogP contribution in [0.4, 0.5) is 15.8 Å². The van der Waals surface area contributed by atoms with E-state index in [0.717, 1.165) is 0 Å². The molecule has 1 amide bonds. The van der Waals surface area contributed by atoms with Gasteiger partial charge in [-0.3, -0.25) is 4.79 Å². The van der Waals surface area contributed by atoms with Crippen molar-refractivity contribution in [2.24, 2.45) is 0 Å². The number of carbonyl (C=O) groups is 1. The zero-order valence-corrected chi connectivity index (χ0v) is 12.4. The van der Waals surface area contributed by atoms with Gasteiger partial charge in [0, 0.05) is 25.2 Å². The second-order valence-corrected chi connectivity index (χ2v) is 4.45. The summed E-state index contributed by atoms with van der Waals surface area (Å²) in [5, 5.41) is 2.86. The molecule has 112 valence electrons. The number of anilines is 2. The summed E-state index contributed by atoms with van der Waals surface area (Å²) in [5.74, 6) is -0.218. The summed E-state index contributed by atoms with van der Waals surface area (Å²) >= 11 is 0. The molecule has 0 aliphatic carbocycles. The molecule has 0 bridgehead atoms. The number of hydrogen-bond donors (Lipinski definition) is 2. The average molecular weight is 283 g/mol. The van der Waals surface area contributed by atoms with Gasteiger partial charge in [0.15, 0.2) is 0 Å². The van der Waals surface area contributed by atoms with Crippen LogP contribution in [-0.2, 0) is 4.79 Å². The minimum absolute atomic E-state index is 0.0785. The Morgan fingerprint density at radius 3 is 2.55 bits per heavy atom. The molecule has 0 saturated carbocycles. The highest BCUT2D eigenvalue weighted by Crippen LogP contribution is 2.28. The van der Waals surface area contributed by atoms with Crippen LogP contribution in [0.15, 0.2) is 12.1 Å². The Kier molecular flexibility index (Phi) is 5.61. The number of nitrogen functional groups attached to an aromatic ring is 1. The first-order chi connectivity index (χ1) is 9.44.